The van der Waals surface area contributed by atoms with Gasteiger partial charge in [-0.15, -0.1) is 0 Å². The fourth-order valence-electron chi connectivity index (χ4n) is 1.08. The third-order valence-corrected chi connectivity index (χ3v) is 2.29. The molecule has 0 atom stereocenters. The Bertz CT molecular complexity index is 382. The molecular formula is C9H12ClN3O. The van der Waals surface area contributed by atoms with Crippen LogP contribution in [0.25, 0.3) is 6.08 Å². The minimum atomic E-state index is -0.163. The third kappa shape index (κ3) is 2.14. The second kappa shape index (κ2) is 4.28. The van der Waals surface area contributed by atoms with Crippen molar-refractivity contribution in [3.8, 4) is 0 Å². The van der Waals surface area contributed by atoms with Gasteiger partial charge in [-0.05, 0) is 13.0 Å². The highest BCUT2D eigenvalue weighted by Crippen LogP contribution is 2.19. The standard InChI is InChI=1S/C9H12ClN3O/c1-6-7(4-5-8(14)11-2)9(10)13(3)12-6/h4-5H,1-3H3,(H,11,14)/b5-4+. The van der Waals surface area contributed by atoms with Crippen molar-refractivity contribution >= 4 is 23.6 Å². The molecule has 0 aromatic carbocycles. The molecule has 0 fully saturated rings. The molecule has 4 nitrogen and oxygen atoms in total. The van der Waals surface area contributed by atoms with Crippen LogP contribution in [0.2, 0.25) is 5.15 Å². The summed E-state index contributed by atoms with van der Waals surface area (Å²) in [6.07, 6.45) is 3.08. The van der Waals surface area contributed by atoms with Crippen LogP contribution in [-0.4, -0.2) is 22.7 Å². The van der Waals surface area contributed by atoms with E-state index in [0.29, 0.717) is 5.15 Å². The molecule has 0 unspecified atom stereocenters. The van der Waals surface area contributed by atoms with Gasteiger partial charge in [0, 0.05) is 25.7 Å². The summed E-state index contributed by atoms with van der Waals surface area (Å²) in [6.45, 7) is 1.84. The number of carbonyl (C=O) groups is 1. The number of aryl methyl sites for hydroxylation is 2. The van der Waals surface area contributed by atoms with Crippen molar-refractivity contribution in [2.75, 3.05) is 7.05 Å². The molecule has 0 aliphatic heterocycles. The third-order valence-electron chi connectivity index (χ3n) is 1.84. The summed E-state index contributed by atoms with van der Waals surface area (Å²) in [5, 5.41) is 7.13. The van der Waals surface area contributed by atoms with E-state index in [1.54, 1.807) is 24.9 Å². The van der Waals surface area contributed by atoms with Crippen LogP contribution in [0.1, 0.15) is 11.3 Å². The van der Waals surface area contributed by atoms with Gasteiger partial charge >= 0.3 is 0 Å². The SMILES string of the molecule is CNC(=O)/C=C/c1c(C)nn(C)c1Cl. The fourth-order valence-corrected chi connectivity index (χ4v) is 1.32. The van der Waals surface area contributed by atoms with Crippen molar-refractivity contribution in [2.24, 2.45) is 7.05 Å². The van der Waals surface area contributed by atoms with Crippen LogP contribution in [0, 0.1) is 6.92 Å². The van der Waals surface area contributed by atoms with Crippen LogP contribution in [0.15, 0.2) is 6.08 Å². The van der Waals surface area contributed by atoms with Gasteiger partial charge in [0.15, 0.2) is 0 Å². The molecule has 5 heteroatoms. The summed E-state index contributed by atoms with van der Waals surface area (Å²) in [5.74, 6) is -0.163. The van der Waals surface area contributed by atoms with E-state index in [-0.39, 0.29) is 5.91 Å². The van der Waals surface area contributed by atoms with Gasteiger partial charge in [-0.2, -0.15) is 5.10 Å². The summed E-state index contributed by atoms with van der Waals surface area (Å²) in [4.78, 5) is 10.9. The molecule has 76 valence electrons. The largest absolute Gasteiger partial charge is 0.356 e. The zero-order valence-corrected chi connectivity index (χ0v) is 9.09. The molecule has 0 aliphatic carbocycles. The number of rotatable bonds is 2. The molecule has 1 rings (SSSR count). The maximum atomic E-state index is 10.9. The van der Waals surface area contributed by atoms with E-state index < -0.39 is 0 Å². The molecule has 0 bridgehead atoms. The number of aromatic nitrogens is 2. The maximum Gasteiger partial charge on any atom is 0.243 e. The fraction of sp³-hybridized carbons (Fsp3) is 0.333. The molecule has 1 aromatic heterocycles. The zero-order chi connectivity index (χ0) is 10.7. The molecule has 1 amide bonds. The van der Waals surface area contributed by atoms with Crippen molar-refractivity contribution in [3.63, 3.8) is 0 Å². The highest BCUT2D eigenvalue weighted by atomic mass is 35.5. The Morgan fingerprint density at radius 2 is 2.29 bits per heavy atom. The number of nitrogens with one attached hydrogen (secondary N) is 1. The van der Waals surface area contributed by atoms with Crippen LogP contribution in [0.5, 0.6) is 0 Å². The maximum absolute atomic E-state index is 10.9. The first kappa shape index (κ1) is 10.8. The lowest BCUT2D eigenvalue weighted by atomic mass is 10.2. The molecule has 1 N–H and O–H groups in total. The van der Waals surface area contributed by atoms with Crippen LogP contribution >= 0.6 is 11.6 Å². The molecule has 0 spiro atoms. The van der Waals surface area contributed by atoms with Crippen molar-refractivity contribution in [1.82, 2.24) is 15.1 Å². The van der Waals surface area contributed by atoms with Gasteiger partial charge in [0.05, 0.1) is 5.69 Å². The first-order valence-corrected chi connectivity index (χ1v) is 4.53. The van der Waals surface area contributed by atoms with Gasteiger partial charge in [0.2, 0.25) is 5.91 Å². The number of halogens is 1. The predicted octanol–water partition coefficient (Wildman–Crippen LogP) is 1.14. The summed E-state index contributed by atoms with van der Waals surface area (Å²) in [5.41, 5.74) is 1.58. The van der Waals surface area contributed by atoms with E-state index >= 15 is 0 Å². The normalized spacial score (nSPS) is 10.9. The van der Waals surface area contributed by atoms with E-state index in [0.717, 1.165) is 11.3 Å². The number of hydrogen-bond acceptors (Lipinski definition) is 2. The Hall–Kier alpha value is -1.29. The van der Waals surface area contributed by atoms with Gasteiger partial charge in [0.25, 0.3) is 0 Å². The minimum absolute atomic E-state index is 0.163. The van der Waals surface area contributed by atoms with E-state index in [1.165, 1.54) is 6.08 Å². The molecule has 1 aromatic rings. The second-order valence-corrected chi connectivity index (χ2v) is 3.22. The predicted molar refractivity (Wildman–Crippen MR) is 56.1 cm³/mol. The number of amides is 1. The number of carbonyl (C=O) groups excluding carboxylic acids is 1. The minimum Gasteiger partial charge on any atom is -0.356 e. The Kier molecular flexibility index (Phi) is 3.30. The Morgan fingerprint density at radius 3 is 2.71 bits per heavy atom. The number of nitrogens with zero attached hydrogens (tertiary/aromatic N) is 2. The first-order chi connectivity index (χ1) is 6.56. The highest BCUT2D eigenvalue weighted by molar-refractivity contribution is 6.31. The van der Waals surface area contributed by atoms with Crippen molar-refractivity contribution in [2.45, 2.75) is 6.92 Å². The molecule has 0 aliphatic rings. The van der Waals surface area contributed by atoms with Gasteiger partial charge in [-0.25, -0.2) is 0 Å². The summed E-state index contributed by atoms with van der Waals surface area (Å²) in [7, 11) is 3.33. The molecule has 0 saturated heterocycles. The zero-order valence-electron chi connectivity index (χ0n) is 8.34. The highest BCUT2D eigenvalue weighted by Gasteiger charge is 2.07. The van der Waals surface area contributed by atoms with Crippen molar-refractivity contribution in [1.29, 1.82) is 0 Å². The number of likely N-dealkylation sites (N-methyl/N-ethyl adjacent to an activating group) is 1. The quantitative estimate of drug-likeness (QED) is 0.749. The Balaban J connectivity index is 2.97. The molecular weight excluding hydrogens is 202 g/mol. The average Bonchev–Trinajstić information content (AvgIpc) is 2.39. The monoisotopic (exact) mass is 213 g/mol. The van der Waals surface area contributed by atoms with Gasteiger partial charge < -0.3 is 5.32 Å². The van der Waals surface area contributed by atoms with Gasteiger partial charge in [0.1, 0.15) is 5.15 Å². The van der Waals surface area contributed by atoms with E-state index in [4.69, 9.17) is 11.6 Å². The van der Waals surface area contributed by atoms with Crippen molar-refractivity contribution in [3.05, 3.63) is 22.5 Å². The number of hydrogen-bond donors (Lipinski definition) is 1. The van der Waals surface area contributed by atoms with E-state index in [2.05, 4.69) is 10.4 Å². The van der Waals surface area contributed by atoms with Crippen molar-refractivity contribution < 1.29 is 4.79 Å². The summed E-state index contributed by atoms with van der Waals surface area (Å²) in [6, 6.07) is 0. The van der Waals surface area contributed by atoms with Crippen LogP contribution < -0.4 is 5.32 Å². The molecule has 0 radical (unpaired) electrons. The lowest BCUT2D eigenvalue weighted by Crippen LogP contribution is -2.13. The van der Waals surface area contributed by atoms with E-state index in [1.807, 2.05) is 6.92 Å². The van der Waals surface area contributed by atoms with Crippen LogP contribution in [-0.2, 0) is 11.8 Å². The Labute approximate surface area is 87.6 Å². The molecule has 0 saturated carbocycles. The average molecular weight is 214 g/mol. The van der Waals surface area contributed by atoms with Gasteiger partial charge in [-0.3, -0.25) is 9.48 Å². The summed E-state index contributed by atoms with van der Waals surface area (Å²) >= 11 is 5.96. The lowest BCUT2D eigenvalue weighted by Gasteiger charge is -1.92. The first-order valence-electron chi connectivity index (χ1n) is 4.15. The summed E-state index contributed by atoms with van der Waals surface area (Å²) < 4.78 is 1.57. The smallest absolute Gasteiger partial charge is 0.243 e. The topological polar surface area (TPSA) is 46.9 Å². The molecule has 14 heavy (non-hydrogen) atoms. The Morgan fingerprint density at radius 1 is 1.64 bits per heavy atom. The van der Waals surface area contributed by atoms with E-state index in [9.17, 15) is 4.79 Å². The van der Waals surface area contributed by atoms with Crippen LogP contribution in [0.4, 0.5) is 0 Å². The second-order valence-electron chi connectivity index (χ2n) is 2.86. The van der Waals surface area contributed by atoms with Crippen LogP contribution in [0.3, 0.4) is 0 Å². The van der Waals surface area contributed by atoms with Gasteiger partial charge in [-0.1, -0.05) is 11.6 Å². The molecule has 1 heterocycles. The lowest BCUT2D eigenvalue weighted by molar-refractivity contribution is -0.115.